The van der Waals surface area contributed by atoms with Gasteiger partial charge in [0.1, 0.15) is 6.04 Å². The van der Waals surface area contributed by atoms with Crippen LogP contribution in [0.25, 0.3) is 0 Å². The molecule has 0 aliphatic heterocycles. The van der Waals surface area contributed by atoms with Gasteiger partial charge < -0.3 is 10.4 Å². The number of nitro benzene ring substituents is 1. The van der Waals surface area contributed by atoms with E-state index in [0.717, 1.165) is 0 Å². The monoisotopic (exact) mass is 294 g/mol. The van der Waals surface area contributed by atoms with Gasteiger partial charge in [-0.15, -0.1) is 0 Å². The lowest BCUT2D eigenvalue weighted by Gasteiger charge is -2.27. The average Bonchev–Trinajstić information content (AvgIpc) is 2.33. The average molecular weight is 294 g/mol. The molecular weight excluding hydrogens is 276 g/mol. The minimum atomic E-state index is -1.13. The minimum Gasteiger partial charge on any atom is -0.480 e. The molecule has 1 atom stereocenters. The Balaban J connectivity index is 3.02. The van der Waals surface area contributed by atoms with E-state index in [9.17, 15) is 24.8 Å². The molecule has 7 nitrogen and oxygen atoms in total. The number of rotatable bonds is 4. The number of benzene rings is 1. The van der Waals surface area contributed by atoms with Crippen molar-refractivity contribution in [3.63, 3.8) is 0 Å². The summed E-state index contributed by atoms with van der Waals surface area (Å²) in [5.41, 5.74) is -0.210. The van der Waals surface area contributed by atoms with Crippen LogP contribution in [-0.4, -0.2) is 27.9 Å². The standard InChI is InChI=1S/C14H18N2O5/c1-8-7-9(5-6-10(8)16(20)21)12(17)15-11(13(18)19)14(2,3)4/h5-7,11H,1-4H3,(H,15,17)(H,18,19)/t11-/m1/s1. The van der Waals surface area contributed by atoms with Crippen LogP contribution in [-0.2, 0) is 4.79 Å². The zero-order valence-corrected chi connectivity index (χ0v) is 12.3. The number of carbonyl (C=O) groups excluding carboxylic acids is 1. The molecule has 1 amide bonds. The number of amides is 1. The highest BCUT2D eigenvalue weighted by atomic mass is 16.6. The quantitative estimate of drug-likeness (QED) is 0.653. The molecule has 0 fully saturated rings. The smallest absolute Gasteiger partial charge is 0.326 e. The van der Waals surface area contributed by atoms with Gasteiger partial charge in [-0.1, -0.05) is 20.8 Å². The van der Waals surface area contributed by atoms with Gasteiger partial charge in [-0.3, -0.25) is 14.9 Å². The first-order valence-corrected chi connectivity index (χ1v) is 6.32. The van der Waals surface area contributed by atoms with Gasteiger partial charge in [0.25, 0.3) is 11.6 Å². The van der Waals surface area contributed by atoms with Crippen LogP contribution < -0.4 is 5.32 Å². The Labute approximate surface area is 122 Å². The van der Waals surface area contributed by atoms with E-state index in [4.69, 9.17) is 0 Å². The molecule has 0 spiro atoms. The van der Waals surface area contributed by atoms with Crippen molar-refractivity contribution in [2.24, 2.45) is 5.41 Å². The van der Waals surface area contributed by atoms with Crippen LogP contribution in [0.3, 0.4) is 0 Å². The van der Waals surface area contributed by atoms with Crippen molar-refractivity contribution >= 4 is 17.6 Å². The Bertz CT molecular complexity index is 590. The molecule has 0 saturated carbocycles. The molecule has 1 aromatic carbocycles. The third kappa shape index (κ3) is 4.01. The number of hydrogen-bond acceptors (Lipinski definition) is 4. The normalized spacial score (nSPS) is 12.6. The van der Waals surface area contributed by atoms with Crippen molar-refractivity contribution < 1.29 is 19.6 Å². The van der Waals surface area contributed by atoms with E-state index in [1.807, 2.05) is 0 Å². The first-order valence-electron chi connectivity index (χ1n) is 6.32. The first-order chi connectivity index (χ1) is 9.54. The van der Waals surface area contributed by atoms with E-state index >= 15 is 0 Å². The fourth-order valence-electron chi connectivity index (χ4n) is 1.86. The Morgan fingerprint density at radius 3 is 2.29 bits per heavy atom. The number of hydrogen-bond donors (Lipinski definition) is 2. The number of nitrogens with one attached hydrogen (secondary N) is 1. The van der Waals surface area contributed by atoms with Crippen LogP contribution >= 0.6 is 0 Å². The molecule has 0 saturated heterocycles. The fraction of sp³-hybridized carbons (Fsp3) is 0.429. The van der Waals surface area contributed by atoms with Crippen molar-refractivity contribution in [3.8, 4) is 0 Å². The van der Waals surface area contributed by atoms with Gasteiger partial charge in [0.15, 0.2) is 0 Å². The summed E-state index contributed by atoms with van der Waals surface area (Å²) in [5.74, 6) is -1.70. The predicted molar refractivity (Wildman–Crippen MR) is 76.2 cm³/mol. The van der Waals surface area contributed by atoms with Crippen LogP contribution in [0.4, 0.5) is 5.69 Å². The van der Waals surface area contributed by atoms with Gasteiger partial charge >= 0.3 is 5.97 Å². The lowest BCUT2D eigenvalue weighted by molar-refractivity contribution is -0.385. The Morgan fingerprint density at radius 2 is 1.90 bits per heavy atom. The van der Waals surface area contributed by atoms with E-state index in [0.29, 0.717) is 5.56 Å². The lowest BCUT2D eigenvalue weighted by Crippen LogP contribution is -2.49. The third-order valence-electron chi connectivity index (χ3n) is 3.04. The molecule has 0 radical (unpaired) electrons. The molecule has 0 aliphatic rings. The summed E-state index contributed by atoms with van der Waals surface area (Å²) < 4.78 is 0. The number of nitro groups is 1. The summed E-state index contributed by atoms with van der Waals surface area (Å²) in [7, 11) is 0. The topological polar surface area (TPSA) is 110 Å². The molecule has 1 rings (SSSR count). The van der Waals surface area contributed by atoms with Crippen molar-refractivity contribution in [1.29, 1.82) is 0 Å². The molecule has 0 aliphatic carbocycles. The largest absolute Gasteiger partial charge is 0.480 e. The summed E-state index contributed by atoms with van der Waals surface area (Å²) in [5, 5.41) is 22.3. The zero-order chi connectivity index (χ0) is 16.4. The maximum absolute atomic E-state index is 12.1. The van der Waals surface area contributed by atoms with Gasteiger partial charge in [-0.2, -0.15) is 0 Å². The third-order valence-corrected chi connectivity index (χ3v) is 3.04. The van der Waals surface area contributed by atoms with Gasteiger partial charge in [0, 0.05) is 17.2 Å². The molecule has 0 heterocycles. The highest BCUT2D eigenvalue weighted by Gasteiger charge is 2.32. The number of nitrogens with zero attached hydrogens (tertiary/aromatic N) is 1. The number of aryl methyl sites for hydroxylation is 1. The van der Waals surface area contributed by atoms with E-state index in [1.165, 1.54) is 25.1 Å². The number of carboxylic acid groups (broad SMARTS) is 1. The van der Waals surface area contributed by atoms with Gasteiger partial charge in [-0.05, 0) is 24.5 Å². The number of aliphatic carboxylic acids is 1. The molecule has 0 unspecified atom stereocenters. The summed E-state index contributed by atoms with van der Waals surface area (Å²) in [6, 6.07) is 2.86. The predicted octanol–water partition coefficient (Wildman–Crippen LogP) is 2.13. The van der Waals surface area contributed by atoms with Crippen LogP contribution in [0, 0.1) is 22.5 Å². The molecule has 2 N–H and O–H groups in total. The van der Waals surface area contributed by atoms with Crippen LogP contribution in [0.5, 0.6) is 0 Å². The van der Waals surface area contributed by atoms with E-state index in [2.05, 4.69) is 5.32 Å². The van der Waals surface area contributed by atoms with Gasteiger partial charge in [0.2, 0.25) is 0 Å². The van der Waals surface area contributed by atoms with Gasteiger partial charge in [0.05, 0.1) is 4.92 Å². The van der Waals surface area contributed by atoms with E-state index in [-0.39, 0.29) is 11.3 Å². The molecule has 0 aromatic heterocycles. The first kappa shape index (κ1) is 16.6. The molecule has 0 bridgehead atoms. The molecular formula is C14H18N2O5. The SMILES string of the molecule is Cc1cc(C(=O)N[C@H](C(=O)O)C(C)(C)C)ccc1[N+](=O)[O-]. The number of carboxylic acids is 1. The number of carbonyl (C=O) groups is 2. The molecule has 7 heteroatoms. The van der Waals surface area contributed by atoms with Crippen LogP contribution in [0.2, 0.25) is 0 Å². The van der Waals surface area contributed by atoms with Crippen molar-refractivity contribution in [2.75, 3.05) is 0 Å². The van der Waals surface area contributed by atoms with Gasteiger partial charge in [-0.25, -0.2) is 4.79 Å². The van der Waals surface area contributed by atoms with Crippen LogP contribution in [0.15, 0.2) is 18.2 Å². The summed E-state index contributed by atoms with van der Waals surface area (Å²) in [4.78, 5) is 33.5. The molecule has 1 aromatic rings. The second kappa shape index (κ2) is 5.90. The van der Waals surface area contributed by atoms with E-state index < -0.39 is 28.3 Å². The maximum Gasteiger partial charge on any atom is 0.326 e. The maximum atomic E-state index is 12.1. The Kier molecular flexibility index (Phi) is 4.67. The Morgan fingerprint density at radius 1 is 1.33 bits per heavy atom. The zero-order valence-electron chi connectivity index (χ0n) is 12.3. The summed E-state index contributed by atoms with van der Waals surface area (Å²) in [6.45, 7) is 6.63. The second-order valence-electron chi connectivity index (χ2n) is 5.87. The lowest BCUT2D eigenvalue weighted by atomic mass is 9.86. The Hall–Kier alpha value is -2.44. The van der Waals surface area contributed by atoms with Crippen molar-refractivity contribution in [2.45, 2.75) is 33.7 Å². The summed E-state index contributed by atoms with van der Waals surface area (Å²) >= 11 is 0. The molecule has 114 valence electrons. The summed E-state index contributed by atoms with van der Waals surface area (Å²) in [6.07, 6.45) is 0. The highest BCUT2D eigenvalue weighted by molar-refractivity contribution is 5.97. The van der Waals surface area contributed by atoms with Crippen LogP contribution in [0.1, 0.15) is 36.7 Å². The fourth-order valence-corrected chi connectivity index (χ4v) is 1.86. The minimum absolute atomic E-state index is 0.0860. The van der Waals surface area contributed by atoms with Crippen molar-refractivity contribution in [3.05, 3.63) is 39.4 Å². The molecule has 21 heavy (non-hydrogen) atoms. The second-order valence-corrected chi connectivity index (χ2v) is 5.87. The highest BCUT2D eigenvalue weighted by Crippen LogP contribution is 2.21. The van der Waals surface area contributed by atoms with E-state index in [1.54, 1.807) is 20.8 Å². The van der Waals surface area contributed by atoms with Crippen molar-refractivity contribution in [1.82, 2.24) is 5.32 Å².